The summed E-state index contributed by atoms with van der Waals surface area (Å²) in [7, 11) is 1.65. The van der Waals surface area contributed by atoms with Gasteiger partial charge in [-0.3, -0.25) is 0 Å². The van der Waals surface area contributed by atoms with Gasteiger partial charge in [-0.25, -0.2) is 4.39 Å². The molecule has 0 saturated carbocycles. The molecule has 0 radical (unpaired) electrons. The molecule has 0 bridgehead atoms. The van der Waals surface area contributed by atoms with Crippen molar-refractivity contribution in [1.82, 2.24) is 5.32 Å². The van der Waals surface area contributed by atoms with Gasteiger partial charge in [-0.2, -0.15) is 0 Å². The van der Waals surface area contributed by atoms with Crippen LogP contribution in [0.3, 0.4) is 0 Å². The zero-order valence-electron chi connectivity index (χ0n) is 11.2. The highest BCUT2D eigenvalue weighted by Gasteiger charge is 2.09. The first-order chi connectivity index (χ1) is 9.20. The summed E-state index contributed by atoms with van der Waals surface area (Å²) >= 11 is 0. The third kappa shape index (κ3) is 3.55. The Balaban J connectivity index is 1.96. The van der Waals surface area contributed by atoms with Crippen molar-refractivity contribution < 1.29 is 9.13 Å². The van der Waals surface area contributed by atoms with Crippen molar-refractivity contribution in [2.75, 3.05) is 7.11 Å². The van der Waals surface area contributed by atoms with Gasteiger partial charge in [-0.15, -0.1) is 0 Å². The maximum absolute atomic E-state index is 13.6. The van der Waals surface area contributed by atoms with Crippen LogP contribution in [0.25, 0.3) is 0 Å². The Morgan fingerprint density at radius 1 is 1.11 bits per heavy atom. The summed E-state index contributed by atoms with van der Waals surface area (Å²) < 4.78 is 18.7. The largest absolute Gasteiger partial charge is 0.497 e. The lowest BCUT2D eigenvalue weighted by Gasteiger charge is -2.15. The summed E-state index contributed by atoms with van der Waals surface area (Å²) in [5, 5.41) is 3.31. The van der Waals surface area contributed by atoms with Crippen LogP contribution in [0.2, 0.25) is 0 Å². The van der Waals surface area contributed by atoms with E-state index < -0.39 is 0 Å². The molecule has 1 N–H and O–H groups in total. The van der Waals surface area contributed by atoms with Crippen LogP contribution in [0.1, 0.15) is 24.1 Å². The molecule has 0 aliphatic rings. The van der Waals surface area contributed by atoms with E-state index in [4.69, 9.17) is 4.74 Å². The molecule has 19 heavy (non-hydrogen) atoms. The van der Waals surface area contributed by atoms with Gasteiger partial charge in [0.05, 0.1) is 7.11 Å². The van der Waals surface area contributed by atoms with Crippen LogP contribution in [0.4, 0.5) is 4.39 Å². The normalized spacial score (nSPS) is 12.2. The van der Waals surface area contributed by atoms with Crippen molar-refractivity contribution in [2.45, 2.75) is 19.5 Å². The topological polar surface area (TPSA) is 21.3 Å². The molecule has 0 spiro atoms. The van der Waals surface area contributed by atoms with Gasteiger partial charge in [0.2, 0.25) is 0 Å². The van der Waals surface area contributed by atoms with Gasteiger partial charge in [0, 0.05) is 18.2 Å². The van der Waals surface area contributed by atoms with Crippen LogP contribution in [0, 0.1) is 5.82 Å². The summed E-state index contributed by atoms with van der Waals surface area (Å²) in [6.07, 6.45) is 0. The van der Waals surface area contributed by atoms with Gasteiger partial charge < -0.3 is 10.1 Å². The third-order valence-corrected chi connectivity index (χ3v) is 3.14. The molecule has 0 aliphatic heterocycles. The number of benzene rings is 2. The minimum absolute atomic E-state index is 0.0247. The number of hydrogen-bond acceptors (Lipinski definition) is 2. The fourth-order valence-electron chi connectivity index (χ4n) is 1.95. The molecule has 0 aliphatic carbocycles. The zero-order chi connectivity index (χ0) is 13.7. The van der Waals surface area contributed by atoms with Crippen molar-refractivity contribution in [3.63, 3.8) is 0 Å². The molecule has 2 aromatic rings. The molecule has 1 unspecified atom stereocenters. The number of ether oxygens (including phenoxy) is 1. The lowest BCUT2D eigenvalue weighted by Crippen LogP contribution is -2.19. The number of rotatable bonds is 5. The Kier molecular flexibility index (Phi) is 4.53. The highest BCUT2D eigenvalue weighted by Crippen LogP contribution is 2.17. The van der Waals surface area contributed by atoms with Crippen LogP contribution in [-0.2, 0) is 6.54 Å². The predicted molar refractivity (Wildman–Crippen MR) is 74.6 cm³/mol. The fourth-order valence-corrected chi connectivity index (χ4v) is 1.95. The molecule has 0 saturated heterocycles. The van der Waals surface area contributed by atoms with E-state index >= 15 is 0 Å². The van der Waals surface area contributed by atoms with Gasteiger partial charge in [0.1, 0.15) is 11.6 Å². The molecule has 0 heterocycles. The number of methoxy groups -OCH3 is 1. The van der Waals surface area contributed by atoms with Crippen molar-refractivity contribution in [3.05, 3.63) is 65.5 Å². The van der Waals surface area contributed by atoms with E-state index in [2.05, 4.69) is 5.32 Å². The lowest BCUT2D eigenvalue weighted by atomic mass is 10.1. The second-order valence-electron chi connectivity index (χ2n) is 4.47. The molecular formula is C16H18FNO. The molecule has 2 aromatic carbocycles. The minimum Gasteiger partial charge on any atom is -0.497 e. The van der Waals surface area contributed by atoms with Gasteiger partial charge in [-0.05, 0) is 30.7 Å². The van der Waals surface area contributed by atoms with Crippen LogP contribution in [0.5, 0.6) is 5.75 Å². The van der Waals surface area contributed by atoms with E-state index in [-0.39, 0.29) is 11.9 Å². The first-order valence-electron chi connectivity index (χ1n) is 6.31. The average Bonchev–Trinajstić information content (AvgIpc) is 2.46. The number of nitrogens with one attached hydrogen (secondary N) is 1. The van der Waals surface area contributed by atoms with Gasteiger partial charge in [0.25, 0.3) is 0 Å². The quantitative estimate of drug-likeness (QED) is 0.884. The monoisotopic (exact) mass is 259 g/mol. The highest BCUT2D eigenvalue weighted by atomic mass is 19.1. The molecule has 2 nitrogen and oxygen atoms in total. The Hall–Kier alpha value is -1.87. The van der Waals surface area contributed by atoms with Gasteiger partial charge in [-0.1, -0.05) is 30.3 Å². The van der Waals surface area contributed by atoms with Crippen LogP contribution in [0.15, 0.2) is 48.5 Å². The molecule has 0 amide bonds. The Morgan fingerprint density at radius 2 is 1.79 bits per heavy atom. The van der Waals surface area contributed by atoms with E-state index in [0.29, 0.717) is 12.1 Å². The molecular weight excluding hydrogens is 241 g/mol. The standard InChI is InChI=1S/C16H18FNO/c1-12(15-5-3-4-6-16(15)17)18-11-13-7-9-14(19-2)10-8-13/h3-10,12,18H,11H2,1-2H3. The maximum Gasteiger partial charge on any atom is 0.127 e. The second-order valence-corrected chi connectivity index (χ2v) is 4.47. The van der Waals surface area contributed by atoms with Crippen LogP contribution in [-0.4, -0.2) is 7.11 Å². The van der Waals surface area contributed by atoms with E-state index in [1.54, 1.807) is 19.2 Å². The zero-order valence-corrected chi connectivity index (χ0v) is 11.2. The van der Waals surface area contributed by atoms with E-state index in [0.717, 1.165) is 11.3 Å². The number of halogens is 1. The molecule has 1 atom stereocenters. The average molecular weight is 259 g/mol. The first-order valence-corrected chi connectivity index (χ1v) is 6.31. The van der Waals surface area contributed by atoms with Crippen LogP contribution < -0.4 is 10.1 Å². The Morgan fingerprint density at radius 3 is 2.42 bits per heavy atom. The van der Waals surface area contributed by atoms with Crippen LogP contribution >= 0.6 is 0 Å². The lowest BCUT2D eigenvalue weighted by molar-refractivity contribution is 0.414. The smallest absolute Gasteiger partial charge is 0.127 e. The fraction of sp³-hybridized carbons (Fsp3) is 0.250. The molecule has 100 valence electrons. The van der Waals surface area contributed by atoms with E-state index in [1.807, 2.05) is 37.3 Å². The second kappa shape index (κ2) is 6.34. The summed E-state index contributed by atoms with van der Waals surface area (Å²) in [4.78, 5) is 0. The van der Waals surface area contributed by atoms with Gasteiger partial charge in [0.15, 0.2) is 0 Å². The van der Waals surface area contributed by atoms with E-state index in [1.165, 1.54) is 6.07 Å². The summed E-state index contributed by atoms with van der Waals surface area (Å²) in [5.41, 5.74) is 1.83. The maximum atomic E-state index is 13.6. The summed E-state index contributed by atoms with van der Waals surface area (Å²) in [6.45, 7) is 2.65. The minimum atomic E-state index is -0.169. The summed E-state index contributed by atoms with van der Waals surface area (Å²) in [6, 6.07) is 14.7. The Bertz CT molecular complexity index is 525. The number of hydrogen-bond donors (Lipinski definition) is 1. The first kappa shape index (κ1) is 13.6. The van der Waals surface area contributed by atoms with Crippen molar-refractivity contribution in [3.8, 4) is 5.75 Å². The molecule has 0 aromatic heterocycles. The molecule has 2 rings (SSSR count). The molecule has 3 heteroatoms. The van der Waals surface area contributed by atoms with E-state index in [9.17, 15) is 4.39 Å². The predicted octanol–water partition coefficient (Wildman–Crippen LogP) is 3.69. The SMILES string of the molecule is COc1ccc(CNC(C)c2ccccc2F)cc1. The summed E-state index contributed by atoms with van der Waals surface area (Å²) in [5.74, 6) is 0.670. The third-order valence-electron chi connectivity index (χ3n) is 3.14. The Labute approximate surface area is 113 Å². The van der Waals surface area contributed by atoms with Crippen molar-refractivity contribution in [2.24, 2.45) is 0 Å². The van der Waals surface area contributed by atoms with Crippen molar-refractivity contribution >= 4 is 0 Å². The molecule has 0 fully saturated rings. The highest BCUT2D eigenvalue weighted by molar-refractivity contribution is 5.27. The van der Waals surface area contributed by atoms with Crippen molar-refractivity contribution in [1.29, 1.82) is 0 Å². The van der Waals surface area contributed by atoms with Gasteiger partial charge >= 0.3 is 0 Å².